The van der Waals surface area contributed by atoms with Gasteiger partial charge in [0.15, 0.2) is 5.69 Å². The molecule has 1 aromatic heterocycles. The molecule has 0 saturated heterocycles. The zero-order chi connectivity index (χ0) is 20.4. The lowest BCUT2D eigenvalue weighted by atomic mass is 10.1. The Labute approximate surface area is 168 Å². The molecule has 0 atom stereocenters. The van der Waals surface area contributed by atoms with Crippen molar-refractivity contribution >= 4 is 5.97 Å². The van der Waals surface area contributed by atoms with Gasteiger partial charge < -0.3 is 9.84 Å². The minimum Gasteiger partial charge on any atom is -0.477 e. The van der Waals surface area contributed by atoms with E-state index in [2.05, 4.69) is 5.10 Å². The normalized spacial score (nSPS) is 10.7. The van der Waals surface area contributed by atoms with Crippen LogP contribution in [0.5, 0.6) is 11.5 Å². The highest BCUT2D eigenvalue weighted by molar-refractivity contribution is 5.88. The summed E-state index contributed by atoms with van der Waals surface area (Å²) >= 11 is 0. The number of carboxylic acid groups (broad SMARTS) is 1. The topological polar surface area (TPSA) is 64.3 Å². The van der Waals surface area contributed by atoms with Gasteiger partial charge in [0.25, 0.3) is 0 Å². The SMILES string of the molecule is Cc1ccc(Oc2ccc(-c3cc(C(=O)O)n(-c4ccc(C)cc4)n3)cc2)cc1. The number of benzene rings is 3. The molecule has 0 aliphatic carbocycles. The zero-order valence-electron chi connectivity index (χ0n) is 16.2. The molecule has 0 saturated carbocycles. The molecular formula is C24H20N2O3. The van der Waals surface area contributed by atoms with Crippen LogP contribution < -0.4 is 4.74 Å². The number of carboxylic acids is 1. The molecule has 0 spiro atoms. The van der Waals surface area contributed by atoms with Gasteiger partial charge in [-0.15, -0.1) is 0 Å². The fourth-order valence-electron chi connectivity index (χ4n) is 2.99. The van der Waals surface area contributed by atoms with Crippen molar-refractivity contribution in [3.8, 4) is 28.4 Å². The van der Waals surface area contributed by atoms with Gasteiger partial charge in [-0.2, -0.15) is 5.10 Å². The van der Waals surface area contributed by atoms with Gasteiger partial charge in [-0.25, -0.2) is 9.48 Å². The third kappa shape index (κ3) is 4.04. The van der Waals surface area contributed by atoms with E-state index in [9.17, 15) is 9.90 Å². The Kier molecular flexibility index (Phi) is 4.87. The van der Waals surface area contributed by atoms with Crippen LogP contribution in [0.4, 0.5) is 0 Å². The Morgan fingerprint density at radius 3 is 1.90 bits per heavy atom. The molecule has 0 fully saturated rings. The molecule has 4 rings (SSSR count). The van der Waals surface area contributed by atoms with Crippen molar-refractivity contribution in [2.75, 3.05) is 0 Å². The number of nitrogens with zero attached hydrogens (tertiary/aromatic N) is 2. The fraction of sp³-hybridized carbons (Fsp3) is 0.0833. The Morgan fingerprint density at radius 1 is 0.828 bits per heavy atom. The van der Waals surface area contributed by atoms with Gasteiger partial charge in [-0.05, 0) is 68.4 Å². The van der Waals surface area contributed by atoms with Gasteiger partial charge in [0, 0.05) is 5.56 Å². The minimum absolute atomic E-state index is 0.115. The van der Waals surface area contributed by atoms with Crippen LogP contribution in [0.2, 0.25) is 0 Å². The van der Waals surface area contributed by atoms with E-state index in [1.165, 1.54) is 10.2 Å². The molecule has 3 aromatic carbocycles. The first-order valence-electron chi connectivity index (χ1n) is 9.25. The molecule has 0 radical (unpaired) electrons. The van der Waals surface area contributed by atoms with E-state index in [0.717, 1.165) is 16.9 Å². The molecule has 1 N–H and O–H groups in total. The van der Waals surface area contributed by atoms with Crippen molar-refractivity contribution in [1.29, 1.82) is 0 Å². The van der Waals surface area contributed by atoms with Gasteiger partial charge in [0.1, 0.15) is 11.5 Å². The Hall–Kier alpha value is -3.86. The highest BCUT2D eigenvalue weighted by Gasteiger charge is 2.16. The molecule has 0 unspecified atom stereocenters. The van der Waals surface area contributed by atoms with Crippen LogP contribution >= 0.6 is 0 Å². The summed E-state index contributed by atoms with van der Waals surface area (Å²) < 4.78 is 7.30. The predicted octanol–water partition coefficient (Wildman–Crippen LogP) is 5.65. The Bertz CT molecular complexity index is 1140. The van der Waals surface area contributed by atoms with Crippen molar-refractivity contribution < 1.29 is 14.6 Å². The lowest BCUT2D eigenvalue weighted by molar-refractivity contribution is 0.0687. The van der Waals surface area contributed by atoms with E-state index in [4.69, 9.17) is 4.74 Å². The van der Waals surface area contributed by atoms with E-state index >= 15 is 0 Å². The van der Waals surface area contributed by atoms with Gasteiger partial charge in [-0.3, -0.25) is 0 Å². The first-order chi connectivity index (χ1) is 14.0. The molecule has 0 bridgehead atoms. The van der Waals surface area contributed by atoms with Crippen molar-refractivity contribution in [2.45, 2.75) is 13.8 Å². The molecule has 4 aromatic rings. The number of rotatable bonds is 5. The van der Waals surface area contributed by atoms with Crippen LogP contribution in [0, 0.1) is 13.8 Å². The molecule has 0 aliphatic heterocycles. The first kappa shape index (κ1) is 18.5. The van der Waals surface area contributed by atoms with Crippen LogP contribution in [0.25, 0.3) is 16.9 Å². The number of aryl methyl sites for hydroxylation is 2. The molecular weight excluding hydrogens is 364 g/mol. The van der Waals surface area contributed by atoms with Crippen LogP contribution in [0.1, 0.15) is 21.6 Å². The Balaban J connectivity index is 1.62. The second kappa shape index (κ2) is 7.64. The Morgan fingerprint density at radius 2 is 1.34 bits per heavy atom. The average molecular weight is 384 g/mol. The molecule has 29 heavy (non-hydrogen) atoms. The van der Waals surface area contributed by atoms with E-state index in [1.807, 2.05) is 86.6 Å². The molecule has 5 nitrogen and oxygen atoms in total. The smallest absolute Gasteiger partial charge is 0.354 e. The highest BCUT2D eigenvalue weighted by atomic mass is 16.5. The molecule has 5 heteroatoms. The maximum Gasteiger partial charge on any atom is 0.354 e. The summed E-state index contributed by atoms with van der Waals surface area (Å²) in [6.45, 7) is 4.01. The van der Waals surface area contributed by atoms with E-state index in [0.29, 0.717) is 17.1 Å². The summed E-state index contributed by atoms with van der Waals surface area (Å²) in [5.74, 6) is 0.442. The number of aromatic carboxylic acids is 1. The number of hydrogen-bond acceptors (Lipinski definition) is 3. The van der Waals surface area contributed by atoms with Crippen LogP contribution in [0.15, 0.2) is 78.9 Å². The third-order valence-electron chi connectivity index (χ3n) is 4.61. The summed E-state index contributed by atoms with van der Waals surface area (Å²) in [5.41, 5.74) is 4.50. The van der Waals surface area contributed by atoms with Crippen LogP contribution in [-0.4, -0.2) is 20.9 Å². The van der Waals surface area contributed by atoms with Crippen LogP contribution in [0.3, 0.4) is 0 Å². The molecule has 0 aliphatic rings. The average Bonchev–Trinajstić information content (AvgIpc) is 3.17. The molecule has 1 heterocycles. The monoisotopic (exact) mass is 384 g/mol. The third-order valence-corrected chi connectivity index (χ3v) is 4.61. The van der Waals surface area contributed by atoms with Crippen molar-refractivity contribution in [2.24, 2.45) is 0 Å². The number of hydrogen-bond donors (Lipinski definition) is 1. The molecule has 144 valence electrons. The standard InChI is InChI=1S/C24H20N2O3/c1-16-3-9-19(10-4-16)26-23(24(27)28)15-22(25-26)18-7-13-21(14-8-18)29-20-11-5-17(2)6-12-20/h3-15H,1-2H3,(H,27,28). The van der Waals surface area contributed by atoms with Crippen molar-refractivity contribution in [1.82, 2.24) is 9.78 Å². The second-order valence-electron chi connectivity index (χ2n) is 6.91. The zero-order valence-corrected chi connectivity index (χ0v) is 16.2. The predicted molar refractivity (Wildman–Crippen MR) is 112 cm³/mol. The van der Waals surface area contributed by atoms with Gasteiger partial charge in [0.05, 0.1) is 11.4 Å². The van der Waals surface area contributed by atoms with E-state index in [-0.39, 0.29) is 5.69 Å². The lowest BCUT2D eigenvalue weighted by Gasteiger charge is -2.06. The first-order valence-corrected chi connectivity index (χ1v) is 9.25. The molecule has 0 amide bonds. The fourth-order valence-corrected chi connectivity index (χ4v) is 2.99. The van der Waals surface area contributed by atoms with Crippen LogP contribution in [-0.2, 0) is 0 Å². The van der Waals surface area contributed by atoms with Crippen molar-refractivity contribution in [3.63, 3.8) is 0 Å². The quantitative estimate of drug-likeness (QED) is 0.483. The summed E-state index contributed by atoms with van der Waals surface area (Å²) in [5, 5.41) is 14.1. The number of aromatic nitrogens is 2. The number of ether oxygens (including phenoxy) is 1. The second-order valence-corrected chi connectivity index (χ2v) is 6.91. The summed E-state index contributed by atoms with van der Waals surface area (Å²) in [6, 6.07) is 24.4. The number of carbonyl (C=O) groups is 1. The van der Waals surface area contributed by atoms with Crippen molar-refractivity contribution in [3.05, 3.63) is 95.7 Å². The maximum atomic E-state index is 11.7. The lowest BCUT2D eigenvalue weighted by Crippen LogP contribution is -2.07. The summed E-state index contributed by atoms with van der Waals surface area (Å²) in [7, 11) is 0. The van der Waals surface area contributed by atoms with Gasteiger partial charge >= 0.3 is 5.97 Å². The van der Waals surface area contributed by atoms with E-state index < -0.39 is 5.97 Å². The van der Waals surface area contributed by atoms with E-state index in [1.54, 1.807) is 6.07 Å². The largest absolute Gasteiger partial charge is 0.477 e. The van der Waals surface area contributed by atoms with Gasteiger partial charge in [0.2, 0.25) is 0 Å². The summed E-state index contributed by atoms with van der Waals surface area (Å²) in [6.07, 6.45) is 0. The summed E-state index contributed by atoms with van der Waals surface area (Å²) in [4.78, 5) is 11.7. The maximum absolute atomic E-state index is 11.7. The minimum atomic E-state index is -1.02. The van der Waals surface area contributed by atoms with Gasteiger partial charge in [-0.1, -0.05) is 35.4 Å². The highest BCUT2D eigenvalue weighted by Crippen LogP contribution is 2.27.